The second kappa shape index (κ2) is 7.01. The average Bonchev–Trinajstić information content (AvgIpc) is 2.91. The highest BCUT2D eigenvalue weighted by atomic mass is 32.1. The number of anilines is 1. The first-order chi connectivity index (χ1) is 10.1. The molecule has 0 saturated heterocycles. The quantitative estimate of drug-likeness (QED) is 0.799. The summed E-state index contributed by atoms with van der Waals surface area (Å²) < 4.78 is 5.25. The number of nitrogens with zero attached hydrogens (tertiary/aromatic N) is 1. The summed E-state index contributed by atoms with van der Waals surface area (Å²) in [4.78, 5) is 14.2. The maximum absolute atomic E-state index is 12.1. The number of likely N-dealkylation sites (N-methyl/N-ethyl adjacent to an activating group) is 1. The number of nitrogens with two attached hydrogens (primary N) is 1. The van der Waals surface area contributed by atoms with Gasteiger partial charge >= 0.3 is 0 Å². The highest BCUT2D eigenvalue weighted by molar-refractivity contribution is 7.80. The van der Waals surface area contributed by atoms with E-state index in [1.807, 2.05) is 36.2 Å². The zero-order chi connectivity index (χ0) is 15.2. The Morgan fingerprint density at radius 1 is 1.33 bits per heavy atom. The Balaban J connectivity index is 1.94. The van der Waals surface area contributed by atoms with Gasteiger partial charge in [-0.1, -0.05) is 24.4 Å². The number of furan rings is 1. The predicted molar refractivity (Wildman–Crippen MR) is 86.0 cm³/mol. The van der Waals surface area contributed by atoms with Gasteiger partial charge in [-0.2, -0.15) is 0 Å². The van der Waals surface area contributed by atoms with Crippen LogP contribution < -0.4 is 11.1 Å². The van der Waals surface area contributed by atoms with Gasteiger partial charge in [0.15, 0.2) is 0 Å². The first-order valence-corrected chi connectivity index (χ1v) is 6.86. The summed E-state index contributed by atoms with van der Waals surface area (Å²) in [5, 5.41) is 2.82. The zero-order valence-corrected chi connectivity index (χ0v) is 12.5. The third kappa shape index (κ3) is 4.40. The lowest BCUT2D eigenvalue weighted by Crippen LogP contribution is -2.30. The number of rotatable bonds is 6. The van der Waals surface area contributed by atoms with Gasteiger partial charge in [0.2, 0.25) is 5.91 Å². The van der Waals surface area contributed by atoms with E-state index in [1.165, 1.54) is 0 Å². The monoisotopic (exact) mass is 303 g/mol. The molecule has 2 rings (SSSR count). The molecule has 110 valence electrons. The summed E-state index contributed by atoms with van der Waals surface area (Å²) in [6.45, 7) is 0.809. The molecule has 0 spiro atoms. The highest BCUT2D eigenvalue weighted by Crippen LogP contribution is 2.14. The fraction of sp³-hybridized carbons (Fsp3) is 0.200. The van der Waals surface area contributed by atoms with E-state index >= 15 is 0 Å². The number of amides is 1. The molecular formula is C15H17N3O2S. The van der Waals surface area contributed by atoms with E-state index in [9.17, 15) is 4.79 Å². The van der Waals surface area contributed by atoms with Crippen LogP contribution in [0, 0.1) is 0 Å². The maximum atomic E-state index is 12.1. The van der Waals surface area contributed by atoms with Crippen molar-refractivity contribution in [1.29, 1.82) is 0 Å². The van der Waals surface area contributed by atoms with E-state index in [-0.39, 0.29) is 17.4 Å². The van der Waals surface area contributed by atoms with Gasteiger partial charge in [-0.3, -0.25) is 9.69 Å². The molecule has 0 aliphatic carbocycles. The molecule has 0 unspecified atom stereocenters. The molecule has 6 heteroatoms. The smallest absolute Gasteiger partial charge is 0.238 e. The molecule has 1 aromatic heterocycles. The lowest BCUT2D eigenvalue weighted by molar-refractivity contribution is -0.117. The van der Waals surface area contributed by atoms with Gasteiger partial charge in [-0.25, -0.2) is 0 Å². The zero-order valence-electron chi connectivity index (χ0n) is 11.7. The lowest BCUT2D eigenvalue weighted by Gasteiger charge is -2.16. The first-order valence-electron chi connectivity index (χ1n) is 6.46. The largest absolute Gasteiger partial charge is 0.468 e. The van der Waals surface area contributed by atoms with Crippen LogP contribution in [0.2, 0.25) is 0 Å². The molecule has 0 atom stereocenters. The van der Waals surface area contributed by atoms with E-state index in [4.69, 9.17) is 22.4 Å². The second-order valence-electron chi connectivity index (χ2n) is 4.71. The standard InChI is InChI=1S/C15H17N3O2S/c1-18(9-11-5-4-8-20-11)10-14(19)17-13-7-3-2-6-12(13)15(16)21/h2-8H,9-10H2,1H3,(H2,16,21)(H,17,19). The average molecular weight is 303 g/mol. The SMILES string of the molecule is CN(CC(=O)Nc1ccccc1C(N)=S)Cc1ccco1. The van der Waals surface area contributed by atoms with E-state index < -0.39 is 0 Å². The second-order valence-corrected chi connectivity index (χ2v) is 5.15. The lowest BCUT2D eigenvalue weighted by atomic mass is 10.2. The summed E-state index contributed by atoms with van der Waals surface area (Å²) in [7, 11) is 1.85. The summed E-state index contributed by atoms with van der Waals surface area (Å²) >= 11 is 4.97. The number of benzene rings is 1. The summed E-state index contributed by atoms with van der Waals surface area (Å²) in [6.07, 6.45) is 1.61. The van der Waals surface area contributed by atoms with Crippen LogP contribution in [0.5, 0.6) is 0 Å². The molecule has 1 aromatic carbocycles. The van der Waals surface area contributed by atoms with E-state index in [1.54, 1.807) is 18.4 Å². The van der Waals surface area contributed by atoms with Gasteiger partial charge in [-0.05, 0) is 31.3 Å². The van der Waals surface area contributed by atoms with Crippen molar-refractivity contribution in [2.45, 2.75) is 6.54 Å². The first kappa shape index (κ1) is 15.2. The molecule has 0 aliphatic heterocycles. The highest BCUT2D eigenvalue weighted by Gasteiger charge is 2.11. The number of carbonyl (C=O) groups excluding carboxylic acids is 1. The predicted octanol–water partition coefficient (Wildman–Crippen LogP) is 1.98. The molecule has 21 heavy (non-hydrogen) atoms. The number of para-hydroxylation sites is 1. The van der Waals surface area contributed by atoms with Gasteiger partial charge in [0.25, 0.3) is 0 Å². The third-order valence-electron chi connectivity index (χ3n) is 2.89. The Bertz CT molecular complexity index is 626. The van der Waals surface area contributed by atoms with E-state index in [0.717, 1.165) is 5.76 Å². The number of thiocarbonyl (C=S) groups is 1. The van der Waals surface area contributed by atoms with Crippen LogP contribution in [-0.4, -0.2) is 29.4 Å². The van der Waals surface area contributed by atoms with Gasteiger partial charge in [0.1, 0.15) is 10.7 Å². The van der Waals surface area contributed by atoms with E-state index in [2.05, 4.69) is 5.32 Å². The fourth-order valence-corrected chi connectivity index (χ4v) is 2.14. The molecule has 0 bridgehead atoms. The minimum absolute atomic E-state index is 0.132. The molecule has 1 heterocycles. The van der Waals surface area contributed by atoms with Crippen LogP contribution >= 0.6 is 12.2 Å². The van der Waals surface area contributed by atoms with Crippen molar-refractivity contribution in [3.63, 3.8) is 0 Å². The van der Waals surface area contributed by atoms with Gasteiger partial charge in [-0.15, -0.1) is 0 Å². The molecule has 0 radical (unpaired) electrons. The van der Waals surface area contributed by atoms with E-state index in [0.29, 0.717) is 17.8 Å². The van der Waals surface area contributed by atoms with Crippen LogP contribution in [0.3, 0.4) is 0 Å². The topological polar surface area (TPSA) is 71.5 Å². The van der Waals surface area contributed by atoms with Crippen molar-refractivity contribution < 1.29 is 9.21 Å². The molecule has 2 aromatic rings. The fourth-order valence-electron chi connectivity index (χ4n) is 1.97. The molecule has 5 nitrogen and oxygen atoms in total. The minimum atomic E-state index is -0.132. The van der Waals surface area contributed by atoms with Crippen molar-refractivity contribution in [1.82, 2.24) is 4.90 Å². The number of hydrogen-bond acceptors (Lipinski definition) is 4. The Labute approximate surface area is 128 Å². The van der Waals surface area contributed by atoms with Gasteiger partial charge in [0.05, 0.1) is 25.0 Å². The van der Waals surface area contributed by atoms with Crippen LogP contribution in [-0.2, 0) is 11.3 Å². The van der Waals surface area contributed by atoms with Crippen LogP contribution in [0.1, 0.15) is 11.3 Å². The molecular weight excluding hydrogens is 286 g/mol. The van der Waals surface area contributed by atoms with Crippen molar-refractivity contribution in [3.05, 3.63) is 54.0 Å². The molecule has 0 aliphatic rings. The van der Waals surface area contributed by atoms with Crippen molar-refractivity contribution in [2.24, 2.45) is 5.73 Å². The van der Waals surface area contributed by atoms with Crippen LogP contribution in [0.4, 0.5) is 5.69 Å². The summed E-state index contributed by atoms with van der Waals surface area (Å²) in [6, 6.07) is 10.9. The van der Waals surface area contributed by atoms with Crippen LogP contribution in [0.15, 0.2) is 47.1 Å². The van der Waals surface area contributed by atoms with Gasteiger partial charge in [0, 0.05) is 5.56 Å². The Hall–Kier alpha value is -2.18. The normalized spacial score (nSPS) is 10.6. The van der Waals surface area contributed by atoms with Crippen molar-refractivity contribution in [2.75, 3.05) is 18.9 Å². The number of hydrogen-bond donors (Lipinski definition) is 2. The minimum Gasteiger partial charge on any atom is -0.468 e. The Kier molecular flexibility index (Phi) is 5.08. The third-order valence-corrected chi connectivity index (χ3v) is 3.11. The maximum Gasteiger partial charge on any atom is 0.238 e. The van der Waals surface area contributed by atoms with Crippen LogP contribution in [0.25, 0.3) is 0 Å². The molecule has 0 saturated carbocycles. The number of nitrogens with one attached hydrogen (secondary N) is 1. The number of carbonyl (C=O) groups is 1. The van der Waals surface area contributed by atoms with Crippen molar-refractivity contribution in [3.8, 4) is 0 Å². The Morgan fingerprint density at radius 2 is 2.10 bits per heavy atom. The molecule has 3 N–H and O–H groups in total. The summed E-state index contributed by atoms with van der Waals surface area (Å²) in [5.74, 6) is 0.682. The molecule has 0 fully saturated rings. The summed E-state index contributed by atoms with van der Waals surface area (Å²) in [5.41, 5.74) is 6.93. The van der Waals surface area contributed by atoms with Crippen molar-refractivity contribution >= 4 is 28.8 Å². The Morgan fingerprint density at radius 3 is 2.76 bits per heavy atom. The molecule has 1 amide bonds. The van der Waals surface area contributed by atoms with Gasteiger partial charge < -0.3 is 15.5 Å².